The molecule has 2 aromatic carbocycles. The number of carbonyl (C=O) groups is 1. The molecule has 2 N–H and O–H groups in total. The van der Waals surface area contributed by atoms with Crippen LogP contribution in [0.2, 0.25) is 0 Å². The number of amides is 1. The summed E-state index contributed by atoms with van der Waals surface area (Å²) in [6.45, 7) is 5.41. The van der Waals surface area contributed by atoms with Crippen molar-refractivity contribution in [2.24, 2.45) is 0 Å². The van der Waals surface area contributed by atoms with Gasteiger partial charge >= 0.3 is 0 Å². The van der Waals surface area contributed by atoms with E-state index in [9.17, 15) is 9.90 Å². The van der Waals surface area contributed by atoms with Gasteiger partial charge in [-0.3, -0.25) is 4.79 Å². The molecular weight excluding hydrogens is 398 g/mol. The van der Waals surface area contributed by atoms with Gasteiger partial charge in [0.2, 0.25) is 0 Å². The van der Waals surface area contributed by atoms with Gasteiger partial charge in [0.05, 0.1) is 18.8 Å². The van der Waals surface area contributed by atoms with Gasteiger partial charge in [0.25, 0.3) is 5.91 Å². The van der Waals surface area contributed by atoms with Gasteiger partial charge in [0.15, 0.2) is 5.69 Å². The number of nitrogens with zero attached hydrogens (tertiary/aromatic N) is 4. The summed E-state index contributed by atoms with van der Waals surface area (Å²) < 4.78 is 1.78. The van der Waals surface area contributed by atoms with Gasteiger partial charge in [-0.05, 0) is 30.2 Å². The molecule has 4 rings (SSSR count). The summed E-state index contributed by atoms with van der Waals surface area (Å²) in [4.78, 5) is 16.8. The number of aliphatic hydroxyl groups excluding tert-OH is 1. The Bertz CT molecular complexity index is 1030. The second kappa shape index (κ2) is 9.42. The van der Waals surface area contributed by atoms with E-state index in [0.717, 1.165) is 39.7 Å². The Morgan fingerprint density at radius 1 is 1.07 bits per heavy atom. The van der Waals surface area contributed by atoms with E-state index >= 15 is 0 Å². The number of aromatic nitrogens is 3. The fourth-order valence-electron chi connectivity index (χ4n) is 3.47. The standard InChI is InChI=1S/C22H25N5O2S/c1-16-21(22(29)26-12-10-23-11-13-26)24-25-27(16)14-17-6-2-4-8-19(17)30-20-9-5-3-7-18(20)15-28/h2-9,23,28H,10-15H2,1H3. The molecule has 0 saturated carbocycles. The summed E-state index contributed by atoms with van der Waals surface area (Å²) in [6.07, 6.45) is 0. The third kappa shape index (κ3) is 4.40. The van der Waals surface area contributed by atoms with E-state index in [1.165, 1.54) is 0 Å². The Kier molecular flexibility index (Phi) is 6.47. The van der Waals surface area contributed by atoms with Crippen LogP contribution < -0.4 is 5.32 Å². The molecule has 0 bridgehead atoms. The third-order valence-corrected chi connectivity index (χ3v) is 6.48. The highest BCUT2D eigenvalue weighted by Crippen LogP contribution is 2.33. The monoisotopic (exact) mass is 423 g/mol. The summed E-state index contributed by atoms with van der Waals surface area (Å²) in [5.74, 6) is -0.0558. The smallest absolute Gasteiger partial charge is 0.276 e. The molecule has 1 amide bonds. The number of aliphatic hydroxyl groups is 1. The van der Waals surface area contributed by atoms with Gasteiger partial charge in [-0.25, -0.2) is 4.68 Å². The Morgan fingerprint density at radius 3 is 2.40 bits per heavy atom. The largest absolute Gasteiger partial charge is 0.392 e. The fourth-order valence-corrected chi connectivity index (χ4v) is 4.53. The van der Waals surface area contributed by atoms with Gasteiger partial charge in [0, 0.05) is 36.0 Å². The number of hydrogen-bond acceptors (Lipinski definition) is 6. The predicted molar refractivity (Wildman–Crippen MR) is 116 cm³/mol. The van der Waals surface area contributed by atoms with Crippen LogP contribution in [-0.4, -0.2) is 57.1 Å². The van der Waals surface area contributed by atoms with Gasteiger partial charge in [-0.2, -0.15) is 0 Å². The maximum Gasteiger partial charge on any atom is 0.276 e. The highest BCUT2D eigenvalue weighted by atomic mass is 32.2. The van der Waals surface area contributed by atoms with E-state index in [1.807, 2.05) is 48.2 Å². The summed E-state index contributed by atoms with van der Waals surface area (Å²) in [7, 11) is 0. The Balaban J connectivity index is 1.55. The van der Waals surface area contributed by atoms with Crippen LogP contribution in [0.25, 0.3) is 0 Å². The van der Waals surface area contributed by atoms with Crippen molar-refractivity contribution in [1.29, 1.82) is 0 Å². The molecule has 0 unspecified atom stereocenters. The summed E-state index contributed by atoms with van der Waals surface area (Å²) in [5, 5.41) is 21.3. The van der Waals surface area contributed by atoms with Crippen molar-refractivity contribution in [3.63, 3.8) is 0 Å². The van der Waals surface area contributed by atoms with Crippen LogP contribution in [0.1, 0.15) is 27.3 Å². The van der Waals surface area contributed by atoms with Crippen LogP contribution in [0.4, 0.5) is 0 Å². The van der Waals surface area contributed by atoms with Crippen LogP contribution in [0, 0.1) is 6.92 Å². The van der Waals surface area contributed by atoms with E-state index in [4.69, 9.17) is 0 Å². The minimum Gasteiger partial charge on any atom is -0.392 e. The first-order valence-electron chi connectivity index (χ1n) is 10.0. The number of piperazine rings is 1. The van der Waals surface area contributed by atoms with Crippen molar-refractivity contribution in [3.05, 3.63) is 71.0 Å². The first-order chi connectivity index (χ1) is 14.7. The second-order valence-corrected chi connectivity index (χ2v) is 8.28. The molecule has 0 spiro atoms. The zero-order chi connectivity index (χ0) is 20.9. The Labute approximate surface area is 180 Å². The molecule has 1 aliphatic rings. The van der Waals surface area contributed by atoms with E-state index in [-0.39, 0.29) is 12.5 Å². The molecule has 30 heavy (non-hydrogen) atoms. The number of carbonyl (C=O) groups excluding carboxylic acids is 1. The molecule has 1 fully saturated rings. The minimum absolute atomic E-state index is 0.00498. The molecule has 156 valence electrons. The van der Waals surface area contributed by atoms with Crippen LogP contribution in [0.5, 0.6) is 0 Å². The topological polar surface area (TPSA) is 83.3 Å². The van der Waals surface area contributed by atoms with Gasteiger partial charge in [-0.15, -0.1) is 5.10 Å². The van der Waals surface area contributed by atoms with Gasteiger partial charge in [0.1, 0.15) is 0 Å². The number of benzene rings is 2. The molecule has 2 heterocycles. The first-order valence-corrected chi connectivity index (χ1v) is 10.8. The van der Waals surface area contributed by atoms with Crippen LogP contribution in [0.3, 0.4) is 0 Å². The molecule has 0 radical (unpaired) electrons. The molecule has 1 saturated heterocycles. The quantitative estimate of drug-likeness (QED) is 0.633. The number of hydrogen-bond donors (Lipinski definition) is 2. The van der Waals surface area contributed by atoms with Gasteiger partial charge < -0.3 is 15.3 Å². The minimum atomic E-state index is -0.0558. The maximum atomic E-state index is 12.8. The SMILES string of the molecule is Cc1c(C(=O)N2CCNCC2)nnn1Cc1ccccc1Sc1ccccc1CO. The van der Waals surface area contributed by atoms with E-state index in [0.29, 0.717) is 25.3 Å². The second-order valence-electron chi connectivity index (χ2n) is 7.20. The van der Waals surface area contributed by atoms with Crippen molar-refractivity contribution < 1.29 is 9.90 Å². The lowest BCUT2D eigenvalue weighted by molar-refractivity contribution is 0.0729. The molecule has 1 aliphatic heterocycles. The lowest BCUT2D eigenvalue weighted by Gasteiger charge is -2.26. The lowest BCUT2D eigenvalue weighted by atomic mass is 10.2. The van der Waals surface area contributed by atoms with E-state index < -0.39 is 0 Å². The molecule has 8 heteroatoms. The maximum absolute atomic E-state index is 12.8. The lowest BCUT2D eigenvalue weighted by Crippen LogP contribution is -2.46. The van der Waals surface area contributed by atoms with Crippen molar-refractivity contribution >= 4 is 17.7 Å². The van der Waals surface area contributed by atoms with Crippen LogP contribution in [0.15, 0.2) is 58.3 Å². The van der Waals surface area contributed by atoms with E-state index in [1.54, 1.807) is 16.4 Å². The molecular formula is C22H25N5O2S. The van der Waals surface area contributed by atoms with Crippen molar-refractivity contribution in [3.8, 4) is 0 Å². The third-order valence-electron chi connectivity index (χ3n) is 5.24. The van der Waals surface area contributed by atoms with Crippen LogP contribution >= 0.6 is 11.8 Å². The highest BCUT2D eigenvalue weighted by Gasteiger charge is 2.24. The fraction of sp³-hybridized carbons (Fsp3) is 0.318. The normalized spacial score (nSPS) is 14.1. The molecule has 3 aromatic rings. The first kappa shape index (κ1) is 20.6. The number of nitrogens with one attached hydrogen (secondary N) is 1. The Morgan fingerprint density at radius 2 is 1.70 bits per heavy atom. The number of rotatable bonds is 6. The van der Waals surface area contributed by atoms with Crippen LogP contribution in [-0.2, 0) is 13.2 Å². The zero-order valence-corrected chi connectivity index (χ0v) is 17.7. The average molecular weight is 424 g/mol. The molecule has 1 aromatic heterocycles. The van der Waals surface area contributed by atoms with Crippen molar-refractivity contribution in [2.75, 3.05) is 26.2 Å². The van der Waals surface area contributed by atoms with Crippen molar-refractivity contribution in [2.45, 2.75) is 29.9 Å². The molecule has 0 atom stereocenters. The average Bonchev–Trinajstić information content (AvgIpc) is 3.15. The predicted octanol–water partition coefficient (Wildman–Crippen LogP) is 2.32. The van der Waals surface area contributed by atoms with Gasteiger partial charge in [-0.1, -0.05) is 53.4 Å². The molecule has 7 nitrogen and oxygen atoms in total. The highest BCUT2D eigenvalue weighted by molar-refractivity contribution is 7.99. The van der Waals surface area contributed by atoms with Crippen molar-refractivity contribution in [1.82, 2.24) is 25.2 Å². The zero-order valence-electron chi connectivity index (χ0n) is 16.9. The van der Waals surface area contributed by atoms with E-state index in [2.05, 4.69) is 27.8 Å². The summed E-state index contributed by atoms with van der Waals surface area (Å²) in [5.41, 5.74) is 3.18. The molecule has 0 aliphatic carbocycles. The Hall–Kier alpha value is -2.68. The summed E-state index contributed by atoms with van der Waals surface area (Å²) in [6, 6.07) is 16.0. The summed E-state index contributed by atoms with van der Waals surface area (Å²) >= 11 is 1.62.